The molecule has 0 spiro atoms. The quantitative estimate of drug-likeness (QED) is 0.234. The molecule has 2 bridgehead atoms. The van der Waals surface area contributed by atoms with Crippen LogP contribution in [0.5, 0.6) is 0 Å². The molecule has 2 aromatic rings. The molecule has 5 heteroatoms. The molecule has 1 aliphatic heterocycles. The van der Waals surface area contributed by atoms with Crippen molar-refractivity contribution >= 4 is 18.5 Å². The maximum absolute atomic E-state index is 11.7. The van der Waals surface area contributed by atoms with Crippen molar-refractivity contribution in [3.63, 3.8) is 0 Å². The maximum atomic E-state index is 11.7. The van der Waals surface area contributed by atoms with E-state index in [1.165, 1.54) is 5.56 Å². The number of fused-ring (bicyclic) bond motifs is 2. The normalized spacial score (nSPS) is 23.5. The molecule has 0 unspecified atom stereocenters. The summed E-state index contributed by atoms with van der Waals surface area (Å²) < 4.78 is 12.9. The molecule has 2 aromatic carbocycles. The molecule has 2 fully saturated rings. The Bertz CT molecular complexity index is 978. The van der Waals surface area contributed by atoms with E-state index in [-0.39, 0.29) is 25.2 Å². The average molecular weight is 484 g/mol. The fourth-order valence-electron chi connectivity index (χ4n) is 5.31. The Hall–Kier alpha value is -2.63. The van der Waals surface area contributed by atoms with Crippen LogP contribution in [0.1, 0.15) is 51.0 Å². The highest BCUT2D eigenvalue weighted by atomic mass is 16.6. The van der Waals surface area contributed by atoms with Crippen LogP contribution in [0, 0.1) is 18.3 Å². The summed E-state index contributed by atoms with van der Waals surface area (Å²) in [6.07, 6.45) is 18.1. The van der Waals surface area contributed by atoms with Gasteiger partial charge >= 0.3 is 7.12 Å². The second kappa shape index (κ2) is 14.2. The van der Waals surface area contributed by atoms with Gasteiger partial charge in [-0.2, -0.15) is 0 Å². The lowest BCUT2D eigenvalue weighted by molar-refractivity contribution is -0.121. The molecule has 0 aromatic heterocycles. The van der Waals surface area contributed by atoms with Crippen LogP contribution in [-0.2, 0) is 20.5 Å². The molecule has 1 radical (unpaired) electrons. The molecule has 1 aliphatic carbocycles. The summed E-state index contributed by atoms with van der Waals surface area (Å²) in [5.41, 5.74) is 2.46. The third-order valence-electron chi connectivity index (χ3n) is 7.17. The minimum atomic E-state index is -0.293. The molecular formula is C31H39BNO3. The molecule has 1 amide bonds. The highest BCUT2D eigenvalue weighted by Crippen LogP contribution is 2.43. The number of hydrogen-bond acceptors (Lipinski definition) is 3. The van der Waals surface area contributed by atoms with Gasteiger partial charge in [0.2, 0.25) is 5.91 Å². The van der Waals surface area contributed by atoms with Crippen molar-refractivity contribution in [3.05, 3.63) is 97.0 Å². The summed E-state index contributed by atoms with van der Waals surface area (Å²) in [4.78, 5) is 11.7. The predicted molar refractivity (Wildman–Crippen MR) is 148 cm³/mol. The largest absolute Gasteiger partial charge is 0.494 e. The molecule has 4 nitrogen and oxygen atoms in total. The zero-order chi connectivity index (χ0) is 25.0. The van der Waals surface area contributed by atoms with Gasteiger partial charge in [-0.05, 0) is 68.8 Å². The van der Waals surface area contributed by atoms with Gasteiger partial charge in [0.05, 0.1) is 6.10 Å². The van der Waals surface area contributed by atoms with Crippen molar-refractivity contribution in [1.29, 1.82) is 0 Å². The monoisotopic (exact) mass is 484 g/mol. The van der Waals surface area contributed by atoms with E-state index in [1.807, 2.05) is 25.1 Å². The Morgan fingerprint density at radius 3 is 2.53 bits per heavy atom. The number of carbonyl (C=O) groups excluding carboxylic acids is 1. The Morgan fingerprint density at radius 2 is 1.75 bits per heavy atom. The average Bonchev–Trinajstić information content (AvgIpc) is 3.15. The molecule has 1 heterocycles. The van der Waals surface area contributed by atoms with Gasteiger partial charge in [0.1, 0.15) is 0 Å². The number of hydrogen-bond donors (Lipinski definition) is 1. The first-order valence-electron chi connectivity index (χ1n) is 13.6. The van der Waals surface area contributed by atoms with Crippen LogP contribution < -0.4 is 10.8 Å². The number of nitrogens with one attached hydrogen (secondary N) is 1. The summed E-state index contributed by atoms with van der Waals surface area (Å²) >= 11 is 0. The van der Waals surface area contributed by atoms with Crippen LogP contribution in [0.4, 0.5) is 0 Å². The third kappa shape index (κ3) is 7.68. The van der Waals surface area contributed by atoms with E-state index in [9.17, 15) is 4.79 Å². The van der Waals surface area contributed by atoms with E-state index in [0.717, 1.165) is 44.0 Å². The number of benzene rings is 2. The summed E-state index contributed by atoms with van der Waals surface area (Å²) in [7, 11) is -0.293. The number of amides is 1. The van der Waals surface area contributed by atoms with Crippen molar-refractivity contribution in [2.24, 2.45) is 11.8 Å². The van der Waals surface area contributed by atoms with Crippen molar-refractivity contribution in [3.8, 4) is 0 Å². The van der Waals surface area contributed by atoms with E-state index >= 15 is 0 Å². The van der Waals surface area contributed by atoms with Gasteiger partial charge in [-0.25, -0.2) is 0 Å². The SMILES string of the molecule is CCNC(=O)CCC/C=C\C[C@@H]1[C@@H](/C=C/[CH]CCc2ccccc2)[C@H]2C[C@@H]1OB(c1ccccc1)O2. The van der Waals surface area contributed by atoms with E-state index in [0.29, 0.717) is 24.8 Å². The van der Waals surface area contributed by atoms with Crippen LogP contribution >= 0.6 is 0 Å². The molecule has 1 N–H and O–H groups in total. The van der Waals surface area contributed by atoms with Crippen LogP contribution in [0.25, 0.3) is 0 Å². The maximum Gasteiger partial charge on any atom is 0.494 e. The van der Waals surface area contributed by atoms with Crippen molar-refractivity contribution in [2.75, 3.05) is 6.54 Å². The van der Waals surface area contributed by atoms with Gasteiger partial charge < -0.3 is 14.6 Å². The van der Waals surface area contributed by atoms with Crippen LogP contribution in [0.3, 0.4) is 0 Å². The summed E-state index contributed by atoms with van der Waals surface area (Å²) in [5, 5.41) is 2.86. The fourth-order valence-corrected chi connectivity index (χ4v) is 5.31. The van der Waals surface area contributed by atoms with Crippen LogP contribution in [0.2, 0.25) is 0 Å². The smallest absolute Gasteiger partial charge is 0.404 e. The summed E-state index contributed by atoms with van der Waals surface area (Å²) in [5.74, 6) is 0.862. The molecule has 4 rings (SSSR count). The topological polar surface area (TPSA) is 47.6 Å². The lowest BCUT2D eigenvalue weighted by atomic mass is 9.77. The number of rotatable bonds is 13. The molecule has 36 heavy (non-hydrogen) atoms. The Kier molecular flexibility index (Phi) is 10.4. The standard InChI is InChI=1S/C31H39BNO3/c1-2-33-31(34)23-15-4-3-13-21-27-28(22-14-6-10-18-25-16-8-5-9-17-25)30-24-29(27)35-32(36-30)26-19-11-7-12-20-26/h3,5-9,11-14,16-17,19-20,22,27-30H,2,4,10,15,18,21,23-24H2,1H3,(H,33,34)/b13-3-,22-14+/t27-,28-,29+,30-/m1/s1. The molecule has 2 aliphatic rings. The first-order valence-corrected chi connectivity index (χ1v) is 13.6. The molecule has 1 saturated carbocycles. The summed E-state index contributed by atoms with van der Waals surface area (Å²) in [6, 6.07) is 20.9. The van der Waals surface area contributed by atoms with Gasteiger partial charge in [0.15, 0.2) is 0 Å². The van der Waals surface area contributed by atoms with Gasteiger partial charge in [-0.15, -0.1) is 0 Å². The number of allylic oxidation sites excluding steroid dienone is 3. The van der Waals surface area contributed by atoms with Crippen molar-refractivity contribution in [1.82, 2.24) is 5.32 Å². The molecule has 4 atom stereocenters. The van der Waals surface area contributed by atoms with E-state index in [4.69, 9.17) is 9.31 Å². The lowest BCUT2D eigenvalue weighted by Gasteiger charge is -2.28. The number of carbonyl (C=O) groups is 1. The Balaban J connectivity index is 1.33. The van der Waals surface area contributed by atoms with Gasteiger partial charge in [0, 0.05) is 25.0 Å². The lowest BCUT2D eigenvalue weighted by Crippen LogP contribution is -2.45. The zero-order valence-electron chi connectivity index (χ0n) is 21.4. The minimum absolute atomic E-state index is 0.140. The van der Waals surface area contributed by atoms with E-state index in [2.05, 4.69) is 78.5 Å². The highest BCUT2D eigenvalue weighted by Gasteiger charge is 2.49. The molecular weight excluding hydrogens is 445 g/mol. The third-order valence-corrected chi connectivity index (χ3v) is 7.17. The van der Waals surface area contributed by atoms with Gasteiger partial charge in [-0.3, -0.25) is 4.79 Å². The van der Waals surface area contributed by atoms with E-state index in [1.54, 1.807) is 0 Å². The number of aryl methyl sites for hydroxylation is 1. The van der Waals surface area contributed by atoms with Crippen LogP contribution in [-0.4, -0.2) is 31.8 Å². The Morgan fingerprint density at radius 1 is 1.00 bits per heavy atom. The molecule has 1 saturated heterocycles. The van der Waals surface area contributed by atoms with E-state index < -0.39 is 0 Å². The van der Waals surface area contributed by atoms with Crippen molar-refractivity contribution < 1.29 is 14.1 Å². The predicted octanol–water partition coefficient (Wildman–Crippen LogP) is 5.45. The van der Waals surface area contributed by atoms with Gasteiger partial charge in [-0.1, -0.05) is 85.0 Å². The van der Waals surface area contributed by atoms with Crippen LogP contribution in [0.15, 0.2) is 85.0 Å². The zero-order valence-corrected chi connectivity index (χ0v) is 21.4. The summed E-state index contributed by atoms with van der Waals surface area (Å²) in [6.45, 7) is 2.65. The minimum Gasteiger partial charge on any atom is -0.404 e. The Labute approximate surface area is 217 Å². The second-order valence-electron chi connectivity index (χ2n) is 9.77. The van der Waals surface area contributed by atoms with Crippen molar-refractivity contribution in [2.45, 2.75) is 64.1 Å². The highest BCUT2D eigenvalue weighted by molar-refractivity contribution is 6.61. The fraction of sp³-hybridized carbons (Fsp3) is 0.419. The second-order valence-corrected chi connectivity index (χ2v) is 9.77. The first-order chi connectivity index (χ1) is 17.7. The van der Waals surface area contributed by atoms with Gasteiger partial charge in [0.25, 0.3) is 0 Å². The number of unbranched alkanes of at least 4 members (excludes halogenated alkanes) is 2. The molecule has 189 valence electrons. The first kappa shape index (κ1) is 26.4.